The monoisotopic (exact) mass is 320 g/mol. The molecule has 0 amide bonds. The predicted molar refractivity (Wildman–Crippen MR) is 88.7 cm³/mol. The largest absolute Gasteiger partial charge is 0.504 e. The fourth-order valence-corrected chi connectivity index (χ4v) is 1.90. The number of hydrogen-bond donors (Lipinski definition) is 4. The third-order valence-electron chi connectivity index (χ3n) is 3.11. The highest BCUT2D eigenvalue weighted by Crippen LogP contribution is 2.29. The molecular formula is C18H12N2O4. The third kappa shape index (κ3) is 3.65. The molecule has 0 unspecified atom stereocenters. The van der Waals surface area contributed by atoms with E-state index in [9.17, 15) is 20.4 Å². The summed E-state index contributed by atoms with van der Waals surface area (Å²) in [7, 11) is 0. The minimum Gasteiger partial charge on any atom is -0.504 e. The Labute approximate surface area is 138 Å². The van der Waals surface area contributed by atoms with E-state index in [4.69, 9.17) is 13.1 Å². The lowest BCUT2D eigenvalue weighted by molar-refractivity contribution is 0.403. The smallest absolute Gasteiger partial charge is 0.195 e. The number of rotatable bonds is 3. The van der Waals surface area contributed by atoms with Crippen LogP contribution in [0.5, 0.6) is 23.0 Å². The molecule has 0 heterocycles. The molecule has 2 aromatic rings. The van der Waals surface area contributed by atoms with Gasteiger partial charge in [0.2, 0.25) is 0 Å². The van der Waals surface area contributed by atoms with Gasteiger partial charge < -0.3 is 20.4 Å². The Morgan fingerprint density at radius 1 is 0.667 bits per heavy atom. The van der Waals surface area contributed by atoms with Gasteiger partial charge in [-0.05, 0) is 35.4 Å². The van der Waals surface area contributed by atoms with E-state index >= 15 is 0 Å². The molecule has 0 aromatic heterocycles. The molecule has 0 bridgehead atoms. The zero-order valence-corrected chi connectivity index (χ0v) is 12.3. The van der Waals surface area contributed by atoms with E-state index in [2.05, 4.69) is 9.69 Å². The first-order chi connectivity index (χ1) is 11.4. The molecule has 2 rings (SSSR count). The molecule has 24 heavy (non-hydrogen) atoms. The normalized spacial score (nSPS) is 11.6. The van der Waals surface area contributed by atoms with Crippen LogP contribution < -0.4 is 0 Å². The Balaban J connectivity index is 2.46. The Hall–Kier alpha value is -3.90. The number of phenolic OH excluding ortho intramolecular Hbond substituents is 4. The Morgan fingerprint density at radius 2 is 1.04 bits per heavy atom. The summed E-state index contributed by atoms with van der Waals surface area (Å²) in [6, 6.07) is 8.09. The van der Waals surface area contributed by atoms with Crippen LogP contribution in [0, 0.1) is 13.1 Å². The number of benzene rings is 2. The average Bonchev–Trinajstić information content (AvgIpc) is 2.57. The molecule has 0 saturated carbocycles. The van der Waals surface area contributed by atoms with Gasteiger partial charge in [-0.2, -0.15) is 0 Å². The van der Waals surface area contributed by atoms with Crippen molar-refractivity contribution >= 4 is 12.2 Å². The third-order valence-corrected chi connectivity index (χ3v) is 3.11. The molecule has 0 saturated heterocycles. The van der Waals surface area contributed by atoms with Crippen molar-refractivity contribution in [1.82, 2.24) is 0 Å². The van der Waals surface area contributed by atoms with Crippen molar-refractivity contribution in [2.45, 2.75) is 0 Å². The molecule has 0 aliphatic heterocycles. The van der Waals surface area contributed by atoms with E-state index in [0.29, 0.717) is 11.1 Å². The van der Waals surface area contributed by atoms with E-state index in [0.717, 1.165) is 0 Å². The summed E-state index contributed by atoms with van der Waals surface area (Å²) in [6.07, 6.45) is 2.80. The van der Waals surface area contributed by atoms with Gasteiger partial charge in [-0.1, -0.05) is 24.3 Å². The molecule has 0 aliphatic carbocycles. The van der Waals surface area contributed by atoms with Gasteiger partial charge in [-0.15, -0.1) is 0 Å². The first-order valence-corrected chi connectivity index (χ1v) is 6.67. The van der Waals surface area contributed by atoms with Gasteiger partial charge >= 0.3 is 0 Å². The quantitative estimate of drug-likeness (QED) is 0.394. The number of nitrogens with zero attached hydrogens (tertiary/aromatic N) is 2. The first-order valence-electron chi connectivity index (χ1n) is 6.67. The maximum absolute atomic E-state index is 9.49. The zero-order chi connectivity index (χ0) is 17.7. The van der Waals surface area contributed by atoms with Crippen LogP contribution in [0.2, 0.25) is 0 Å². The first kappa shape index (κ1) is 16.5. The Bertz CT molecular complexity index is 854. The Kier molecular flexibility index (Phi) is 4.74. The number of hydrogen-bond acceptors (Lipinski definition) is 4. The molecule has 0 atom stereocenters. The van der Waals surface area contributed by atoms with Gasteiger partial charge in [0.05, 0.1) is 13.1 Å². The van der Waals surface area contributed by atoms with Crippen molar-refractivity contribution in [3.8, 4) is 23.0 Å². The summed E-state index contributed by atoms with van der Waals surface area (Å²) in [4.78, 5) is 6.63. The minimum absolute atomic E-state index is 0.0302. The lowest BCUT2D eigenvalue weighted by atomic mass is 10.1. The minimum atomic E-state index is -0.329. The second-order valence-corrected chi connectivity index (χ2v) is 4.78. The topological polar surface area (TPSA) is 89.6 Å². The fourth-order valence-electron chi connectivity index (χ4n) is 1.90. The van der Waals surface area contributed by atoms with Crippen LogP contribution in [-0.4, -0.2) is 20.4 Å². The molecule has 0 aliphatic rings. The molecule has 118 valence electrons. The number of aromatic hydroxyl groups is 4. The van der Waals surface area contributed by atoms with Gasteiger partial charge in [0.1, 0.15) is 0 Å². The predicted octanol–water partition coefficient (Wildman–Crippen LogP) is 3.73. The lowest BCUT2D eigenvalue weighted by Crippen LogP contribution is -1.83. The van der Waals surface area contributed by atoms with Crippen molar-refractivity contribution in [1.29, 1.82) is 0 Å². The maximum atomic E-state index is 9.49. The highest BCUT2D eigenvalue weighted by Gasteiger charge is 2.08. The number of phenols is 4. The van der Waals surface area contributed by atoms with Crippen LogP contribution >= 0.6 is 0 Å². The molecule has 6 heteroatoms. The van der Waals surface area contributed by atoms with Crippen molar-refractivity contribution in [3.63, 3.8) is 0 Å². The summed E-state index contributed by atoms with van der Waals surface area (Å²) in [5.74, 6) is -1.22. The molecule has 0 radical (unpaired) electrons. The summed E-state index contributed by atoms with van der Waals surface area (Å²) >= 11 is 0. The van der Waals surface area contributed by atoms with Gasteiger partial charge in [-0.25, -0.2) is 0 Å². The molecule has 0 fully saturated rings. The van der Waals surface area contributed by atoms with Crippen molar-refractivity contribution in [2.75, 3.05) is 0 Å². The lowest BCUT2D eigenvalue weighted by Gasteiger charge is -2.02. The Morgan fingerprint density at radius 3 is 1.33 bits per heavy atom. The SMILES string of the molecule is [C-]#[N+]C(=C\c1ccc(O)c(O)c1)/C(=C\c1ccc(O)c(O)c1)[N+]#[C-]. The van der Waals surface area contributed by atoms with Crippen LogP contribution in [0.25, 0.3) is 21.8 Å². The van der Waals surface area contributed by atoms with E-state index in [1.165, 1.54) is 48.6 Å². The van der Waals surface area contributed by atoms with E-state index in [1.54, 1.807) is 0 Å². The molecule has 2 aromatic carbocycles. The van der Waals surface area contributed by atoms with Gasteiger partial charge in [0.15, 0.2) is 34.4 Å². The zero-order valence-electron chi connectivity index (χ0n) is 12.3. The summed E-state index contributed by atoms with van der Waals surface area (Å²) < 4.78 is 0. The molecule has 0 spiro atoms. The van der Waals surface area contributed by atoms with Crippen LogP contribution in [-0.2, 0) is 0 Å². The van der Waals surface area contributed by atoms with Gasteiger partial charge in [0, 0.05) is 0 Å². The average molecular weight is 320 g/mol. The molecule has 6 nitrogen and oxygen atoms in total. The standard InChI is InChI=1S/C18H12N2O4/c1-19-13(7-11-3-5-15(21)17(23)9-11)14(20-2)8-12-4-6-16(22)18(24)10-12/h3-10,21-24H/b13-7-,14-8+. The molecular weight excluding hydrogens is 308 g/mol. The van der Waals surface area contributed by atoms with Crippen molar-refractivity contribution < 1.29 is 20.4 Å². The van der Waals surface area contributed by atoms with Crippen LogP contribution in [0.4, 0.5) is 0 Å². The molecule has 4 N–H and O–H groups in total. The summed E-state index contributed by atoms with van der Waals surface area (Å²) in [6.45, 7) is 14.5. The van der Waals surface area contributed by atoms with Crippen molar-refractivity contribution in [3.05, 3.63) is 81.8 Å². The highest BCUT2D eigenvalue weighted by molar-refractivity contribution is 5.71. The highest BCUT2D eigenvalue weighted by atomic mass is 16.3. The summed E-state index contributed by atoms with van der Waals surface area (Å²) in [5, 5.41) is 37.6. The second-order valence-electron chi connectivity index (χ2n) is 4.78. The van der Waals surface area contributed by atoms with Crippen LogP contribution in [0.15, 0.2) is 47.8 Å². The van der Waals surface area contributed by atoms with Crippen LogP contribution in [0.1, 0.15) is 11.1 Å². The summed E-state index contributed by atoms with van der Waals surface area (Å²) in [5.41, 5.74) is 0.948. The maximum Gasteiger partial charge on any atom is 0.195 e. The van der Waals surface area contributed by atoms with Crippen LogP contribution in [0.3, 0.4) is 0 Å². The van der Waals surface area contributed by atoms with Gasteiger partial charge in [0.25, 0.3) is 0 Å². The van der Waals surface area contributed by atoms with Crippen molar-refractivity contribution in [2.24, 2.45) is 0 Å². The second kappa shape index (κ2) is 6.91. The van der Waals surface area contributed by atoms with E-state index < -0.39 is 0 Å². The van der Waals surface area contributed by atoms with E-state index in [-0.39, 0.29) is 34.4 Å². The van der Waals surface area contributed by atoms with Gasteiger partial charge in [-0.3, -0.25) is 9.69 Å². The fraction of sp³-hybridized carbons (Fsp3) is 0. The van der Waals surface area contributed by atoms with E-state index in [1.807, 2.05) is 0 Å².